The van der Waals surface area contributed by atoms with Crippen LogP contribution in [0, 0.1) is 0 Å². The minimum atomic E-state index is -1.04. The van der Waals surface area contributed by atoms with Gasteiger partial charge in [0.15, 0.2) is 0 Å². The molecule has 1 aromatic heterocycles. The van der Waals surface area contributed by atoms with Gasteiger partial charge in [0.25, 0.3) is 0 Å². The number of anilines is 2. The molecular weight excluding hydrogens is 360 g/mol. The maximum atomic E-state index is 11.7. The van der Waals surface area contributed by atoms with E-state index in [0.29, 0.717) is 17.5 Å². The van der Waals surface area contributed by atoms with Crippen LogP contribution in [-0.4, -0.2) is 72.3 Å². The highest BCUT2D eigenvalue weighted by Crippen LogP contribution is 2.26. The minimum absolute atomic E-state index is 0.115. The molecule has 0 unspecified atom stereocenters. The van der Waals surface area contributed by atoms with Gasteiger partial charge in [-0.1, -0.05) is 0 Å². The molecule has 2 N–H and O–H groups in total. The van der Waals surface area contributed by atoms with Crippen molar-refractivity contribution in [3.05, 3.63) is 17.8 Å². The Morgan fingerprint density at radius 2 is 2.07 bits per heavy atom. The molecular formula is C20H32N4O4. The molecule has 28 heavy (non-hydrogen) atoms. The molecule has 1 aromatic rings. The molecule has 1 fully saturated rings. The number of carbonyl (C=O) groups excluding carboxylic acids is 1. The van der Waals surface area contributed by atoms with Crippen LogP contribution in [-0.2, 0) is 9.53 Å². The number of nitrogens with zero attached hydrogens (tertiary/aromatic N) is 3. The third kappa shape index (κ3) is 6.45. The molecule has 1 aliphatic heterocycles. The summed E-state index contributed by atoms with van der Waals surface area (Å²) in [6, 6.07) is 1.95. The van der Waals surface area contributed by atoms with Gasteiger partial charge in [-0.25, -0.2) is 9.78 Å². The van der Waals surface area contributed by atoms with Crippen LogP contribution in [0.3, 0.4) is 0 Å². The Labute approximate surface area is 166 Å². The summed E-state index contributed by atoms with van der Waals surface area (Å²) < 4.78 is 5.60. The summed E-state index contributed by atoms with van der Waals surface area (Å²) >= 11 is 0. The van der Waals surface area contributed by atoms with E-state index >= 15 is 0 Å². The second-order valence-electron chi connectivity index (χ2n) is 7.55. The van der Waals surface area contributed by atoms with Crippen molar-refractivity contribution in [1.29, 1.82) is 0 Å². The van der Waals surface area contributed by atoms with Crippen LogP contribution >= 0.6 is 0 Å². The number of carboxylic acid groups (broad SMARTS) is 1. The van der Waals surface area contributed by atoms with Gasteiger partial charge in [-0.3, -0.25) is 4.79 Å². The average molecular weight is 393 g/mol. The second kappa shape index (κ2) is 10.4. The van der Waals surface area contributed by atoms with E-state index in [4.69, 9.17) is 4.74 Å². The van der Waals surface area contributed by atoms with E-state index in [1.165, 1.54) is 19.2 Å². The molecule has 0 saturated carbocycles. The van der Waals surface area contributed by atoms with E-state index in [1.54, 1.807) is 0 Å². The Balaban J connectivity index is 1.93. The van der Waals surface area contributed by atoms with Gasteiger partial charge in [0.05, 0.1) is 18.0 Å². The third-order valence-corrected chi connectivity index (χ3v) is 4.91. The number of amides is 1. The highest BCUT2D eigenvalue weighted by molar-refractivity contribution is 5.96. The van der Waals surface area contributed by atoms with Crippen molar-refractivity contribution >= 4 is 23.4 Å². The molecule has 1 saturated heterocycles. The fourth-order valence-corrected chi connectivity index (χ4v) is 3.47. The highest BCUT2D eigenvalue weighted by Gasteiger charge is 2.26. The zero-order chi connectivity index (χ0) is 20.7. The summed E-state index contributed by atoms with van der Waals surface area (Å²) in [7, 11) is 2.14. The second-order valence-corrected chi connectivity index (χ2v) is 7.55. The number of pyridine rings is 1. The van der Waals surface area contributed by atoms with Gasteiger partial charge >= 0.3 is 5.97 Å². The van der Waals surface area contributed by atoms with Crippen molar-refractivity contribution in [2.75, 3.05) is 43.5 Å². The SMILES string of the molecule is CC(=O)Nc1cnc(N2CCC(N(C)CCCOC(C)C)CC2)c(C(=O)O)c1. The van der Waals surface area contributed by atoms with Gasteiger partial charge in [-0.2, -0.15) is 0 Å². The van der Waals surface area contributed by atoms with E-state index in [2.05, 4.69) is 22.2 Å². The topological polar surface area (TPSA) is 95.0 Å². The zero-order valence-electron chi connectivity index (χ0n) is 17.3. The van der Waals surface area contributed by atoms with Crippen molar-refractivity contribution in [3.63, 3.8) is 0 Å². The number of ether oxygens (including phenoxy) is 1. The summed E-state index contributed by atoms with van der Waals surface area (Å²) in [6.45, 7) is 8.73. The van der Waals surface area contributed by atoms with Gasteiger partial charge in [0.1, 0.15) is 11.4 Å². The Morgan fingerprint density at radius 3 is 2.64 bits per heavy atom. The number of hydrogen-bond donors (Lipinski definition) is 2. The molecule has 2 rings (SSSR count). The summed E-state index contributed by atoms with van der Waals surface area (Å²) in [6.07, 6.45) is 4.69. The van der Waals surface area contributed by atoms with Gasteiger partial charge < -0.3 is 25.0 Å². The van der Waals surface area contributed by atoms with E-state index in [1.807, 2.05) is 18.7 Å². The molecule has 0 bridgehead atoms. The largest absolute Gasteiger partial charge is 0.478 e. The van der Waals surface area contributed by atoms with Crippen LogP contribution in [0.1, 0.15) is 50.4 Å². The van der Waals surface area contributed by atoms with Crippen LogP contribution in [0.25, 0.3) is 0 Å². The number of rotatable bonds is 9. The third-order valence-electron chi connectivity index (χ3n) is 4.91. The highest BCUT2D eigenvalue weighted by atomic mass is 16.5. The lowest BCUT2D eigenvalue weighted by Gasteiger charge is -2.37. The summed E-state index contributed by atoms with van der Waals surface area (Å²) in [5.41, 5.74) is 0.510. The van der Waals surface area contributed by atoms with Crippen LogP contribution in [0.15, 0.2) is 12.3 Å². The van der Waals surface area contributed by atoms with Crippen molar-refractivity contribution in [1.82, 2.24) is 9.88 Å². The lowest BCUT2D eigenvalue weighted by atomic mass is 10.0. The molecule has 0 atom stereocenters. The molecule has 1 amide bonds. The number of carbonyl (C=O) groups is 2. The van der Waals surface area contributed by atoms with Crippen LogP contribution in [0.2, 0.25) is 0 Å². The summed E-state index contributed by atoms with van der Waals surface area (Å²) in [5, 5.41) is 12.1. The van der Waals surface area contributed by atoms with Gasteiger partial charge in [0, 0.05) is 39.2 Å². The first kappa shape index (κ1) is 22.1. The molecule has 2 heterocycles. The van der Waals surface area contributed by atoms with Crippen LogP contribution in [0.5, 0.6) is 0 Å². The fraction of sp³-hybridized carbons (Fsp3) is 0.650. The summed E-state index contributed by atoms with van der Waals surface area (Å²) in [5.74, 6) is -0.833. The van der Waals surface area contributed by atoms with E-state index in [9.17, 15) is 14.7 Å². The number of aromatic carboxylic acids is 1. The Kier molecular flexibility index (Phi) is 8.19. The molecule has 0 aromatic carbocycles. The normalized spacial score (nSPS) is 15.3. The first-order chi connectivity index (χ1) is 13.3. The van der Waals surface area contributed by atoms with Crippen molar-refractivity contribution < 1.29 is 19.4 Å². The van der Waals surface area contributed by atoms with Crippen LogP contribution in [0.4, 0.5) is 11.5 Å². The quantitative estimate of drug-likeness (QED) is 0.623. The molecule has 1 aliphatic rings. The number of hydrogen-bond acceptors (Lipinski definition) is 6. The number of aromatic nitrogens is 1. The number of piperidine rings is 1. The lowest BCUT2D eigenvalue weighted by molar-refractivity contribution is -0.114. The lowest BCUT2D eigenvalue weighted by Crippen LogP contribution is -2.44. The smallest absolute Gasteiger partial charge is 0.339 e. The van der Waals surface area contributed by atoms with E-state index in [-0.39, 0.29) is 17.6 Å². The first-order valence-electron chi connectivity index (χ1n) is 9.85. The predicted molar refractivity (Wildman–Crippen MR) is 109 cm³/mol. The number of carboxylic acids is 1. The maximum absolute atomic E-state index is 11.7. The zero-order valence-corrected chi connectivity index (χ0v) is 17.3. The fourth-order valence-electron chi connectivity index (χ4n) is 3.47. The van der Waals surface area contributed by atoms with Crippen molar-refractivity contribution in [3.8, 4) is 0 Å². The first-order valence-corrected chi connectivity index (χ1v) is 9.85. The standard InChI is InChI=1S/C20H32N4O4/c1-14(2)28-11-5-8-23(4)17-6-9-24(10-7-17)19-18(20(26)27)12-16(13-21-19)22-15(3)25/h12-14,17H,5-11H2,1-4H3,(H,22,25)(H,26,27). The molecule has 0 spiro atoms. The molecule has 0 aliphatic carbocycles. The Hall–Kier alpha value is -2.19. The van der Waals surface area contributed by atoms with Crippen LogP contribution < -0.4 is 10.2 Å². The monoisotopic (exact) mass is 392 g/mol. The molecule has 156 valence electrons. The Bertz CT molecular complexity index is 672. The van der Waals surface area contributed by atoms with E-state index in [0.717, 1.165) is 45.5 Å². The van der Waals surface area contributed by atoms with Crippen molar-refractivity contribution in [2.45, 2.75) is 52.2 Å². The molecule has 8 nitrogen and oxygen atoms in total. The summed E-state index contributed by atoms with van der Waals surface area (Å²) in [4.78, 5) is 31.6. The van der Waals surface area contributed by atoms with Gasteiger partial charge in [0.2, 0.25) is 5.91 Å². The van der Waals surface area contributed by atoms with Gasteiger partial charge in [-0.05, 0) is 46.2 Å². The maximum Gasteiger partial charge on any atom is 0.339 e. The van der Waals surface area contributed by atoms with Crippen molar-refractivity contribution in [2.24, 2.45) is 0 Å². The van der Waals surface area contributed by atoms with Gasteiger partial charge in [-0.15, -0.1) is 0 Å². The minimum Gasteiger partial charge on any atom is -0.478 e. The number of nitrogens with one attached hydrogen (secondary N) is 1. The predicted octanol–water partition coefficient (Wildman–Crippen LogP) is 2.45. The molecule has 0 radical (unpaired) electrons. The molecule has 8 heteroatoms. The Morgan fingerprint density at radius 1 is 1.39 bits per heavy atom. The van der Waals surface area contributed by atoms with E-state index < -0.39 is 5.97 Å². The average Bonchev–Trinajstić information content (AvgIpc) is 2.64.